The number of fused-ring (bicyclic) bond motifs is 3. The topological polar surface area (TPSA) is 38.7 Å². The fraction of sp³-hybridized carbons (Fsp3) is 0. The summed E-state index contributed by atoms with van der Waals surface area (Å²) in [4.78, 5) is 15.1. The molecule has 0 radical (unpaired) electrons. The van der Waals surface area contributed by atoms with Crippen molar-refractivity contribution >= 4 is 32.3 Å². The Hall–Kier alpha value is -6.45. The van der Waals surface area contributed by atoms with E-state index in [-0.39, 0.29) is 0 Å². The zero-order valence-corrected chi connectivity index (χ0v) is 26.1. The van der Waals surface area contributed by atoms with Crippen LogP contribution in [0.1, 0.15) is 0 Å². The van der Waals surface area contributed by atoms with Gasteiger partial charge in [-0.1, -0.05) is 146 Å². The van der Waals surface area contributed by atoms with Crippen LogP contribution in [-0.4, -0.2) is 15.0 Å². The van der Waals surface area contributed by atoms with Crippen LogP contribution < -0.4 is 0 Å². The van der Waals surface area contributed by atoms with Gasteiger partial charge in [-0.3, -0.25) is 0 Å². The van der Waals surface area contributed by atoms with Crippen LogP contribution in [-0.2, 0) is 0 Å². The Morgan fingerprint density at radius 2 is 0.542 bits per heavy atom. The molecular formula is C45H29N3. The van der Waals surface area contributed by atoms with Crippen molar-refractivity contribution in [3.63, 3.8) is 0 Å². The van der Waals surface area contributed by atoms with E-state index in [4.69, 9.17) is 15.0 Å². The summed E-state index contributed by atoms with van der Waals surface area (Å²) < 4.78 is 0. The van der Waals surface area contributed by atoms with E-state index in [9.17, 15) is 0 Å². The molecule has 48 heavy (non-hydrogen) atoms. The van der Waals surface area contributed by atoms with Gasteiger partial charge in [-0.25, -0.2) is 15.0 Å². The van der Waals surface area contributed by atoms with E-state index in [1.54, 1.807) is 0 Å². The zero-order valence-electron chi connectivity index (χ0n) is 26.1. The largest absolute Gasteiger partial charge is 0.208 e. The summed E-state index contributed by atoms with van der Waals surface area (Å²) in [6, 6.07) is 61.9. The van der Waals surface area contributed by atoms with Crippen LogP contribution in [0.5, 0.6) is 0 Å². The molecule has 0 N–H and O–H groups in total. The highest BCUT2D eigenvalue weighted by Crippen LogP contribution is 2.32. The second kappa shape index (κ2) is 11.7. The fourth-order valence-corrected chi connectivity index (χ4v) is 6.49. The van der Waals surface area contributed by atoms with Gasteiger partial charge in [0.25, 0.3) is 0 Å². The van der Waals surface area contributed by atoms with E-state index in [1.165, 1.54) is 38.4 Å². The summed E-state index contributed by atoms with van der Waals surface area (Å²) >= 11 is 0. The Labute approximate surface area is 278 Å². The summed E-state index contributed by atoms with van der Waals surface area (Å²) in [6.45, 7) is 0. The third-order valence-corrected chi connectivity index (χ3v) is 9.05. The summed E-state index contributed by atoms with van der Waals surface area (Å²) in [6.07, 6.45) is 0. The van der Waals surface area contributed by atoms with Crippen molar-refractivity contribution in [3.05, 3.63) is 176 Å². The molecule has 0 aliphatic rings. The Kier molecular flexibility index (Phi) is 6.80. The molecule has 1 heterocycles. The second-order valence-corrected chi connectivity index (χ2v) is 12.2. The summed E-state index contributed by atoms with van der Waals surface area (Å²) in [5, 5.41) is 6.98. The molecule has 0 atom stereocenters. The summed E-state index contributed by atoms with van der Waals surface area (Å²) in [7, 11) is 0. The van der Waals surface area contributed by atoms with Gasteiger partial charge in [0, 0.05) is 16.7 Å². The number of hydrogen-bond acceptors (Lipinski definition) is 3. The van der Waals surface area contributed by atoms with E-state index in [1.807, 2.05) is 0 Å². The highest BCUT2D eigenvalue weighted by molar-refractivity contribution is 5.92. The van der Waals surface area contributed by atoms with E-state index < -0.39 is 0 Å². The average molecular weight is 612 g/mol. The van der Waals surface area contributed by atoms with Gasteiger partial charge in [-0.15, -0.1) is 0 Å². The van der Waals surface area contributed by atoms with Gasteiger partial charge in [0.15, 0.2) is 17.5 Å². The van der Waals surface area contributed by atoms with Crippen molar-refractivity contribution in [1.82, 2.24) is 15.0 Å². The SMILES string of the molecule is c1ccc(-c2cccc(-c3ccc4cc(-c5nc(-c6ccc7ccccc7c6)nc(-c6ccc7ccccc7c6)n5)ccc4c3)c2)cc1. The molecule has 3 heteroatoms. The molecule has 0 saturated heterocycles. The lowest BCUT2D eigenvalue weighted by Gasteiger charge is -2.11. The maximum absolute atomic E-state index is 5.06. The predicted octanol–water partition coefficient (Wildman–Crippen LogP) is 11.7. The molecule has 0 saturated carbocycles. The molecule has 9 aromatic rings. The number of nitrogens with zero attached hydrogens (tertiary/aromatic N) is 3. The molecule has 9 rings (SSSR count). The highest BCUT2D eigenvalue weighted by Gasteiger charge is 2.14. The van der Waals surface area contributed by atoms with Gasteiger partial charge < -0.3 is 0 Å². The number of rotatable bonds is 5. The quantitative estimate of drug-likeness (QED) is 0.194. The molecule has 0 bridgehead atoms. The molecule has 0 aliphatic carbocycles. The molecule has 8 aromatic carbocycles. The third-order valence-electron chi connectivity index (χ3n) is 9.05. The smallest absolute Gasteiger partial charge is 0.164 e. The number of benzene rings is 8. The summed E-state index contributed by atoms with van der Waals surface area (Å²) in [5.74, 6) is 1.96. The van der Waals surface area contributed by atoms with Gasteiger partial charge in [0.1, 0.15) is 0 Å². The molecule has 0 spiro atoms. The third kappa shape index (κ3) is 5.28. The van der Waals surface area contributed by atoms with Crippen molar-refractivity contribution < 1.29 is 0 Å². The lowest BCUT2D eigenvalue weighted by atomic mass is 9.96. The van der Waals surface area contributed by atoms with Crippen molar-refractivity contribution in [2.45, 2.75) is 0 Å². The first-order valence-electron chi connectivity index (χ1n) is 16.2. The predicted molar refractivity (Wildman–Crippen MR) is 200 cm³/mol. The van der Waals surface area contributed by atoms with Gasteiger partial charge >= 0.3 is 0 Å². The molecule has 0 aliphatic heterocycles. The minimum absolute atomic E-state index is 0.651. The maximum atomic E-state index is 5.06. The molecule has 1 aromatic heterocycles. The zero-order chi connectivity index (χ0) is 31.9. The standard InChI is InChI=1S/C45H29N3/c1-2-9-30(10-3-1)35-15-8-16-36(25-35)37-19-20-39-29-42(24-21-38(39)26-37)45-47-43(40-22-17-31-11-4-6-13-33(31)27-40)46-44(48-45)41-23-18-32-12-5-7-14-34(32)28-41/h1-29H. The van der Waals surface area contributed by atoms with E-state index in [0.29, 0.717) is 17.5 Å². The normalized spacial score (nSPS) is 11.3. The van der Waals surface area contributed by atoms with Crippen molar-refractivity contribution in [2.75, 3.05) is 0 Å². The first kappa shape index (κ1) is 27.8. The fourth-order valence-electron chi connectivity index (χ4n) is 6.49. The Balaban J connectivity index is 1.14. The first-order chi connectivity index (χ1) is 23.7. The Bertz CT molecular complexity index is 2530. The number of aromatic nitrogens is 3. The lowest BCUT2D eigenvalue weighted by Crippen LogP contribution is -2.00. The molecule has 3 nitrogen and oxygen atoms in total. The lowest BCUT2D eigenvalue weighted by molar-refractivity contribution is 1.08. The molecule has 224 valence electrons. The minimum Gasteiger partial charge on any atom is -0.208 e. The van der Waals surface area contributed by atoms with Crippen LogP contribution in [0, 0.1) is 0 Å². The summed E-state index contributed by atoms with van der Waals surface area (Å²) in [5.41, 5.74) is 7.68. The van der Waals surface area contributed by atoms with Crippen LogP contribution in [0.2, 0.25) is 0 Å². The van der Waals surface area contributed by atoms with E-state index in [0.717, 1.165) is 32.8 Å². The van der Waals surface area contributed by atoms with E-state index >= 15 is 0 Å². The molecular weight excluding hydrogens is 583 g/mol. The van der Waals surface area contributed by atoms with Crippen LogP contribution >= 0.6 is 0 Å². The van der Waals surface area contributed by atoms with Crippen molar-refractivity contribution in [3.8, 4) is 56.4 Å². The minimum atomic E-state index is 0.651. The van der Waals surface area contributed by atoms with Crippen molar-refractivity contribution in [2.24, 2.45) is 0 Å². The average Bonchev–Trinajstić information content (AvgIpc) is 3.17. The Morgan fingerprint density at radius 3 is 1.06 bits per heavy atom. The van der Waals surface area contributed by atoms with Gasteiger partial charge in [0.05, 0.1) is 0 Å². The van der Waals surface area contributed by atoms with Crippen molar-refractivity contribution in [1.29, 1.82) is 0 Å². The van der Waals surface area contributed by atoms with Gasteiger partial charge in [-0.05, 0) is 84.9 Å². The van der Waals surface area contributed by atoms with E-state index in [2.05, 4.69) is 176 Å². The van der Waals surface area contributed by atoms with Gasteiger partial charge in [-0.2, -0.15) is 0 Å². The first-order valence-corrected chi connectivity index (χ1v) is 16.2. The van der Waals surface area contributed by atoms with Crippen LogP contribution in [0.15, 0.2) is 176 Å². The van der Waals surface area contributed by atoms with Crippen LogP contribution in [0.3, 0.4) is 0 Å². The molecule has 0 amide bonds. The highest BCUT2D eigenvalue weighted by atomic mass is 15.0. The van der Waals surface area contributed by atoms with Crippen LogP contribution in [0.25, 0.3) is 88.7 Å². The monoisotopic (exact) mass is 611 g/mol. The second-order valence-electron chi connectivity index (χ2n) is 12.2. The number of hydrogen-bond donors (Lipinski definition) is 0. The maximum Gasteiger partial charge on any atom is 0.164 e. The Morgan fingerprint density at radius 1 is 0.208 bits per heavy atom. The molecule has 0 unspecified atom stereocenters. The van der Waals surface area contributed by atoms with Gasteiger partial charge in [0.2, 0.25) is 0 Å². The van der Waals surface area contributed by atoms with Crippen LogP contribution in [0.4, 0.5) is 0 Å². The molecule has 0 fully saturated rings.